The Labute approximate surface area is 203 Å². The Kier molecular flexibility index (Phi) is 7.49. The molecule has 0 aromatic carbocycles. The van der Waals surface area contributed by atoms with Gasteiger partial charge >= 0.3 is 0 Å². The summed E-state index contributed by atoms with van der Waals surface area (Å²) in [5, 5.41) is 10.3. The lowest BCUT2D eigenvalue weighted by molar-refractivity contribution is -0.131. The molecule has 0 aliphatic heterocycles. The van der Waals surface area contributed by atoms with Gasteiger partial charge in [0, 0.05) is 19.5 Å². The topological polar surface area (TPSA) is 40.5 Å². The molecule has 0 aromatic heterocycles. The van der Waals surface area contributed by atoms with Crippen molar-refractivity contribution in [1.82, 2.24) is 4.90 Å². The number of aliphatic hydroxyl groups excluding tert-OH is 1. The van der Waals surface area contributed by atoms with E-state index < -0.39 is 0 Å². The predicted molar refractivity (Wildman–Crippen MR) is 137 cm³/mol. The molecule has 0 aromatic rings. The first-order chi connectivity index (χ1) is 15.7. The van der Waals surface area contributed by atoms with Gasteiger partial charge < -0.3 is 10.0 Å². The van der Waals surface area contributed by atoms with E-state index in [-0.39, 0.29) is 6.10 Å². The average Bonchev–Trinajstić information content (AvgIpc) is 3.15. The molecule has 2 fully saturated rings. The van der Waals surface area contributed by atoms with Gasteiger partial charge in [-0.15, -0.1) is 0 Å². The summed E-state index contributed by atoms with van der Waals surface area (Å²) in [7, 11) is 0. The molecule has 0 spiro atoms. The van der Waals surface area contributed by atoms with E-state index in [2.05, 4.69) is 51.7 Å². The number of carbonyl (C=O) groups excluding carboxylic acids is 1. The molecule has 4 aliphatic carbocycles. The number of hydrogen-bond acceptors (Lipinski definition) is 2. The third kappa shape index (κ3) is 4.48. The van der Waals surface area contributed by atoms with Crippen LogP contribution in [0.25, 0.3) is 0 Å². The van der Waals surface area contributed by atoms with Crippen LogP contribution in [0, 0.1) is 34.5 Å². The third-order valence-electron chi connectivity index (χ3n) is 10.4. The highest BCUT2D eigenvalue weighted by molar-refractivity contribution is 5.76. The molecule has 7 atom stereocenters. The standard InChI is InChI=1S/C30H49NO2/c1-6-18-31(19-7-2)28(33)13-8-21(3)25-11-12-26-24-10-9-22-20-23(32)14-16-29(22,4)27(24)15-17-30(25,26)5/h9,11,21,23-24,26-27,32H,6-8,10,12-20H2,1-5H3/t21-,23+,24?,26+,27+,29+,30-/m1/s1. The summed E-state index contributed by atoms with van der Waals surface area (Å²) in [6, 6.07) is 0. The zero-order valence-corrected chi connectivity index (χ0v) is 22.0. The SMILES string of the molecule is CCCN(CCC)C(=O)CC[C@@H](C)C1=CC[C@H]2C3CC=C4C[C@@H](O)CC[C@]4(C)[C@H]3CC[C@]12C. The Morgan fingerprint density at radius 2 is 1.76 bits per heavy atom. The molecule has 1 unspecified atom stereocenters. The van der Waals surface area contributed by atoms with Crippen LogP contribution in [0.3, 0.4) is 0 Å². The van der Waals surface area contributed by atoms with Crippen LogP contribution in [-0.2, 0) is 4.79 Å². The lowest BCUT2D eigenvalue weighted by atomic mass is 9.47. The highest BCUT2D eigenvalue weighted by atomic mass is 16.3. The van der Waals surface area contributed by atoms with Crippen LogP contribution >= 0.6 is 0 Å². The predicted octanol–water partition coefficient (Wildman–Crippen LogP) is 6.91. The molecular weight excluding hydrogens is 406 g/mol. The second kappa shape index (κ2) is 9.88. The van der Waals surface area contributed by atoms with Gasteiger partial charge in [0.1, 0.15) is 0 Å². The lowest BCUT2D eigenvalue weighted by Crippen LogP contribution is -2.50. The van der Waals surface area contributed by atoms with Gasteiger partial charge in [0.2, 0.25) is 5.91 Å². The van der Waals surface area contributed by atoms with E-state index in [1.165, 1.54) is 25.7 Å². The van der Waals surface area contributed by atoms with Crippen molar-refractivity contribution in [3.05, 3.63) is 23.3 Å². The van der Waals surface area contributed by atoms with Crippen LogP contribution in [0.2, 0.25) is 0 Å². The number of hydrogen-bond donors (Lipinski definition) is 1. The van der Waals surface area contributed by atoms with E-state index in [0.717, 1.165) is 69.4 Å². The summed E-state index contributed by atoms with van der Waals surface area (Å²) in [4.78, 5) is 14.9. The zero-order chi connectivity index (χ0) is 23.8. The molecule has 3 heteroatoms. The Morgan fingerprint density at radius 1 is 1.06 bits per heavy atom. The quantitative estimate of drug-likeness (QED) is 0.404. The molecule has 3 nitrogen and oxygen atoms in total. The molecule has 186 valence electrons. The summed E-state index contributed by atoms with van der Waals surface area (Å²) >= 11 is 0. The minimum Gasteiger partial charge on any atom is -0.393 e. The van der Waals surface area contributed by atoms with E-state index in [4.69, 9.17) is 0 Å². The highest BCUT2D eigenvalue weighted by Gasteiger charge is 2.56. The molecule has 4 aliphatic rings. The van der Waals surface area contributed by atoms with Crippen LogP contribution in [0.4, 0.5) is 0 Å². The molecule has 1 N–H and O–H groups in total. The number of nitrogens with zero attached hydrogens (tertiary/aromatic N) is 1. The van der Waals surface area contributed by atoms with Crippen LogP contribution in [0.1, 0.15) is 105 Å². The number of allylic oxidation sites excluding steroid dienone is 3. The summed E-state index contributed by atoms with van der Waals surface area (Å²) in [5.41, 5.74) is 3.85. The summed E-state index contributed by atoms with van der Waals surface area (Å²) < 4.78 is 0. The van der Waals surface area contributed by atoms with E-state index in [1.54, 1.807) is 11.1 Å². The van der Waals surface area contributed by atoms with Crippen LogP contribution in [-0.4, -0.2) is 35.1 Å². The van der Waals surface area contributed by atoms with Gasteiger partial charge in [0.05, 0.1) is 6.10 Å². The van der Waals surface area contributed by atoms with E-state index in [9.17, 15) is 9.90 Å². The minimum absolute atomic E-state index is 0.122. The Balaban J connectivity index is 1.43. The number of fused-ring (bicyclic) bond motifs is 5. The minimum atomic E-state index is -0.122. The Hall–Kier alpha value is -1.09. The summed E-state index contributed by atoms with van der Waals surface area (Å²) in [6.45, 7) is 13.6. The van der Waals surface area contributed by atoms with Crippen molar-refractivity contribution in [2.75, 3.05) is 13.1 Å². The molecule has 4 rings (SSSR count). The Bertz CT molecular complexity index is 778. The number of carbonyl (C=O) groups is 1. The van der Waals surface area contributed by atoms with Gasteiger partial charge in [-0.25, -0.2) is 0 Å². The fourth-order valence-corrected chi connectivity index (χ4v) is 8.56. The van der Waals surface area contributed by atoms with Gasteiger partial charge in [0.25, 0.3) is 0 Å². The van der Waals surface area contributed by atoms with E-state index in [0.29, 0.717) is 29.1 Å². The van der Waals surface area contributed by atoms with Gasteiger partial charge in [-0.05, 0) is 98.7 Å². The van der Waals surface area contributed by atoms with Gasteiger partial charge in [-0.3, -0.25) is 4.79 Å². The maximum Gasteiger partial charge on any atom is 0.222 e. The van der Waals surface area contributed by atoms with Crippen molar-refractivity contribution >= 4 is 5.91 Å². The van der Waals surface area contributed by atoms with Crippen LogP contribution in [0.15, 0.2) is 23.3 Å². The zero-order valence-electron chi connectivity index (χ0n) is 22.0. The lowest BCUT2D eigenvalue weighted by Gasteiger charge is -2.58. The summed E-state index contributed by atoms with van der Waals surface area (Å²) in [6.07, 6.45) is 16.9. The third-order valence-corrected chi connectivity index (χ3v) is 10.4. The fourth-order valence-electron chi connectivity index (χ4n) is 8.56. The molecule has 0 saturated heterocycles. The van der Waals surface area contributed by atoms with Gasteiger partial charge in [0.15, 0.2) is 0 Å². The van der Waals surface area contributed by atoms with Crippen LogP contribution < -0.4 is 0 Å². The monoisotopic (exact) mass is 455 g/mol. The molecule has 33 heavy (non-hydrogen) atoms. The van der Waals surface area contributed by atoms with Crippen molar-refractivity contribution < 1.29 is 9.90 Å². The summed E-state index contributed by atoms with van der Waals surface area (Å²) in [5.74, 6) is 3.17. The van der Waals surface area contributed by atoms with E-state index in [1.807, 2.05) is 0 Å². The largest absolute Gasteiger partial charge is 0.393 e. The smallest absolute Gasteiger partial charge is 0.222 e. The molecule has 0 heterocycles. The number of aliphatic hydroxyl groups is 1. The van der Waals surface area contributed by atoms with Gasteiger partial charge in [-0.2, -0.15) is 0 Å². The van der Waals surface area contributed by atoms with Crippen LogP contribution in [0.5, 0.6) is 0 Å². The first kappa shape index (κ1) is 25.0. The molecule has 2 saturated carbocycles. The number of amides is 1. The molecule has 1 amide bonds. The second-order valence-corrected chi connectivity index (χ2v) is 12.3. The molecule has 0 radical (unpaired) electrons. The fraction of sp³-hybridized carbons (Fsp3) is 0.833. The highest BCUT2D eigenvalue weighted by Crippen LogP contribution is 2.65. The van der Waals surface area contributed by atoms with E-state index >= 15 is 0 Å². The first-order valence-corrected chi connectivity index (χ1v) is 14.1. The van der Waals surface area contributed by atoms with Crippen molar-refractivity contribution in [2.45, 2.75) is 111 Å². The normalized spacial score (nSPS) is 38.5. The van der Waals surface area contributed by atoms with Crippen molar-refractivity contribution in [3.63, 3.8) is 0 Å². The molecular formula is C30H49NO2. The maximum atomic E-state index is 12.9. The number of rotatable bonds is 8. The average molecular weight is 456 g/mol. The van der Waals surface area contributed by atoms with Crippen molar-refractivity contribution in [3.8, 4) is 0 Å². The van der Waals surface area contributed by atoms with Gasteiger partial charge in [-0.1, -0.05) is 57.9 Å². The van der Waals surface area contributed by atoms with Crippen molar-refractivity contribution in [2.24, 2.45) is 34.5 Å². The second-order valence-electron chi connectivity index (χ2n) is 12.3. The Morgan fingerprint density at radius 3 is 2.45 bits per heavy atom. The van der Waals surface area contributed by atoms with Crippen molar-refractivity contribution in [1.29, 1.82) is 0 Å². The maximum absolute atomic E-state index is 12.9. The molecule has 0 bridgehead atoms. The first-order valence-electron chi connectivity index (χ1n) is 14.1.